The van der Waals surface area contributed by atoms with E-state index in [0.717, 1.165) is 24.4 Å². The summed E-state index contributed by atoms with van der Waals surface area (Å²) in [6, 6.07) is 4.16. The summed E-state index contributed by atoms with van der Waals surface area (Å²) in [6.45, 7) is 7.22. The third kappa shape index (κ3) is 3.65. The Kier molecular flexibility index (Phi) is 5.56. The summed E-state index contributed by atoms with van der Waals surface area (Å²) in [5.41, 5.74) is 0. The van der Waals surface area contributed by atoms with Crippen LogP contribution in [-0.2, 0) is 13.0 Å². The van der Waals surface area contributed by atoms with Gasteiger partial charge in [-0.1, -0.05) is 27.2 Å². The van der Waals surface area contributed by atoms with Crippen LogP contribution < -0.4 is 5.32 Å². The molecule has 2 atom stereocenters. The van der Waals surface area contributed by atoms with Crippen molar-refractivity contribution in [3.05, 3.63) is 23.7 Å². The summed E-state index contributed by atoms with van der Waals surface area (Å²) in [5.74, 6) is 2.44. The van der Waals surface area contributed by atoms with Crippen LogP contribution in [0, 0.1) is 5.92 Å². The van der Waals surface area contributed by atoms with Crippen LogP contribution in [0.3, 0.4) is 0 Å². The molecule has 0 aliphatic carbocycles. The number of aliphatic hydroxyl groups excluding tert-OH is 1. The van der Waals surface area contributed by atoms with Crippen molar-refractivity contribution in [2.75, 3.05) is 6.61 Å². The van der Waals surface area contributed by atoms with Crippen molar-refractivity contribution in [2.45, 2.75) is 46.2 Å². The summed E-state index contributed by atoms with van der Waals surface area (Å²) >= 11 is 0. The highest BCUT2D eigenvalue weighted by Gasteiger charge is 2.14. The number of furan rings is 1. The average Bonchev–Trinajstić information content (AvgIpc) is 2.77. The Labute approximate surface area is 97.9 Å². The first kappa shape index (κ1) is 13.3. The zero-order valence-electron chi connectivity index (χ0n) is 10.5. The fraction of sp³-hybridized carbons (Fsp3) is 0.692. The van der Waals surface area contributed by atoms with E-state index in [-0.39, 0.29) is 12.6 Å². The second-order valence-electron chi connectivity index (χ2n) is 4.28. The lowest BCUT2D eigenvalue weighted by molar-refractivity contribution is 0.198. The number of hydrogen-bond donors (Lipinski definition) is 2. The lowest BCUT2D eigenvalue weighted by atomic mass is 10.00. The first-order valence-electron chi connectivity index (χ1n) is 6.13. The lowest BCUT2D eigenvalue weighted by Gasteiger charge is -2.21. The first-order chi connectivity index (χ1) is 7.71. The van der Waals surface area contributed by atoms with Crippen LogP contribution >= 0.6 is 0 Å². The molecule has 0 radical (unpaired) electrons. The van der Waals surface area contributed by atoms with Gasteiger partial charge in [-0.05, 0) is 18.1 Å². The summed E-state index contributed by atoms with van der Waals surface area (Å²) in [6.07, 6.45) is 1.99. The summed E-state index contributed by atoms with van der Waals surface area (Å²) in [7, 11) is 0. The molecule has 2 unspecified atom stereocenters. The smallest absolute Gasteiger partial charge is 0.117 e. The van der Waals surface area contributed by atoms with E-state index in [0.29, 0.717) is 12.5 Å². The van der Waals surface area contributed by atoms with Gasteiger partial charge < -0.3 is 14.8 Å². The second kappa shape index (κ2) is 6.71. The van der Waals surface area contributed by atoms with E-state index < -0.39 is 0 Å². The van der Waals surface area contributed by atoms with Gasteiger partial charge in [0.1, 0.15) is 11.5 Å². The molecule has 16 heavy (non-hydrogen) atoms. The molecule has 0 fully saturated rings. The van der Waals surface area contributed by atoms with Crippen molar-refractivity contribution in [1.82, 2.24) is 5.32 Å². The van der Waals surface area contributed by atoms with Crippen molar-refractivity contribution in [2.24, 2.45) is 5.92 Å². The van der Waals surface area contributed by atoms with Gasteiger partial charge in [-0.3, -0.25) is 0 Å². The minimum Gasteiger partial charge on any atom is -0.465 e. The van der Waals surface area contributed by atoms with E-state index in [4.69, 9.17) is 4.42 Å². The van der Waals surface area contributed by atoms with E-state index in [9.17, 15) is 5.11 Å². The Hall–Kier alpha value is -0.800. The molecule has 0 spiro atoms. The third-order valence-corrected chi connectivity index (χ3v) is 3.13. The Bertz CT molecular complexity index is 296. The Balaban J connectivity index is 2.42. The molecule has 0 saturated heterocycles. The highest BCUT2D eigenvalue weighted by molar-refractivity contribution is 5.06. The van der Waals surface area contributed by atoms with Crippen molar-refractivity contribution in [3.8, 4) is 0 Å². The molecule has 0 aliphatic rings. The summed E-state index contributed by atoms with van der Waals surface area (Å²) < 4.78 is 5.60. The highest BCUT2D eigenvalue weighted by Crippen LogP contribution is 2.11. The van der Waals surface area contributed by atoms with E-state index in [1.165, 1.54) is 0 Å². The van der Waals surface area contributed by atoms with Crippen LogP contribution in [0.2, 0.25) is 0 Å². The van der Waals surface area contributed by atoms with Gasteiger partial charge in [-0.2, -0.15) is 0 Å². The molecule has 3 nitrogen and oxygen atoms in total. The summed E-state index contributed by atoms with van der Waals surface area (Å²) in [4.78, 5) is 0. The number of aliphatic hydroxyl groups is 1. The van der Waals surface area contributed by atoms with Gasteiger partial charge in [0, 0.05) is 12.5 Å². The van der Waals surface area contributed by atoms with Gasteiger partial charge in [0.15, 0.2) is 0 Å². The fourth-order valence-corrected chi connectivity index (χ4v) is 1.67. The molecule has 0 bridgehead atoms. The maximum Gasteiger partial charge on any atom is 0.117 e. The SMILES string of the molecule is CCc1ccc(CNC(CO)C(C)CC)o1. The van der Waals surface area contributed by atoms with Crippen LogP contribution in [0.25, 0.3) is 0 Å². The van der Waals surface area contributed by atoms with Gasteiger partial charge in [0.25, 0.3) is 0 Å². The van der Waals surface area contributed by atoms with Crippen LogP contribution in [0.5, 0.6) is 0 Å². The molecule has 3 heteroatoms. The second-order valence-corrected chi connectivity index (χ2v) is 4.28. The molecule has 1 aromatic rings. The Morgan fingerprint density at radius 1 is 1.31 bits per heavy atom. The summed E-state index contributed by atoms with van der Waals surface area (Å²) in [5, 5.41) is 12.6. The zero-order valence-corrected chi connectivity index (χ0v) is 10.5. The van der Waals surface area contributed by atoms with Crippen molar-refractivity contribution in [1.29, 1.82) is 0 Å². The van der Waals surface area contributed by atoms with Crippen molar-refractivity contribution >= 4 is 0 Å². The molecular weight excluding hydrogens is 202 g/mol. The largest absolute Gasteiger partial charge is 0.465 e. The van der Waals surface area contributed by atoms with Crippen LogP contribution in [0.1, 0.15) is 38.7 Å². The van der Waals surface area contributed by atoms with Gasteiger partial charge in [-0.15, -0.1) is 0 Å². The fourth-order valence-electron chi connectivity index (χ4n) is 1.67. The van der Waals surface area contributed by atoms with Crippen molar-refractivity contribution in [3.63, 3.8) is 0 Å². The molecule has 0 aliphatic heterocycles. The molecule has 0 aromatic carbocycles. The minimum atomic E-state index is 0.153. The van der Waals surface area contributed by atoms with Crippen LogP contribution in [0.15, 0.2) is 16.5 Å². The molecule has 1 heterocycles. The molecule has 92 valence electrons. The van der Waals surface area contributed by atoms with Crippen LogP contribution in [-0.4, -0.2) is 17.8 Å². The molecule has 1 rings (SSSR count). The number of hydrogen-bond acceptors (Lipinski definition) is 3. The molecule has 1 aromatic heterocycles. The quantitative estimate of drug-likeness (QED) is 0.748. The van der Waals surface area contributed by atoms with Crippen LogP contribution in [0.4, 0.5) is 0 Å². The number of rotatable bonds is 7. The predicted octanol–water partition coefficient (Wildman–Crippen LogP) is 2.34. The zero-order chi connectivity index (χ0) is 12.0. The number of nitrogens with one attached hydrogen (secondary N) is 1. The average molecular weight is 225 g/mol. The lowest BCUT2D eigenvalue weighted by Crippen LogP contribution is -2.37. The van der Waals surface area contributed by atoms with E-state index in [1.54, 1.807) is 0 Å². The number of aryl methyl sites for hydroxylation is 1. The Morgan fingerprint density at radius 3 is 2.50 bits per heavy atom. The van der Waals surface area contributed by atoms with Gasteiger partial charge in [0.2, 0.25) is 0 Å². The van der Waals surface area contributed by atoms with Gasteiger partial charge >= 0.3 is 0 Å². The molecule has 2 N–H and O–H groups in total. The topological polar surface area (TPSA) is 45.4 Å². The van der Waals surface area contributed by atoms with E-state index in [2.05, 4.69) is 26.1 Å². The first-order valence-corrected chi connectivity index (χ1v) is 6.13. The molecular formula is C13H23NO2. The maximum atomic E-state index is 9.26. The molecule has 0 saturated carbocycles. The molecule has 0 amide bonds. The van der Waals surface area contributed by atoms with E-state index >= 15 is 0 Å². The monoisotopic (exact) mass is 225 g/mol. The minimum absolute atomic E-state index is 0.153. The van der Waals surface area contributed by atoms with Crippen molar-refractivity contribution < 1.29 is 9.52 Å². The Morgan fingerprint density at radius 2 is 2.00 bits per heavy atom. The standard InChI is InChI=1S/C13H23NO2/c1-4-10(3)13(9-15)14-8-12-7-6-11(5-2)16-12/h6-7,10,13-15H,4-5,8-9H2,1-3H3. The highest BCUT2D eigenvalue weighted by atomic mass is 16.3. The maximum absolute atomic E-state index is 9.26. The van der Waals surface area contributed by atoms with Gasteiger partial charge in [0.05, 0.1) is 13.2 Å². The third-order valence-electron chi connectivity index (χ3n) is 3.13. The predicted molar refractivity (Wildman–Crippen MR) is 65.3 cm³/mol. The van der Waals surface area contributed by atoms with E-state index in [1.807, 2.05) is 12.1 Å². The van der Waals surface area contributed by atoms with Gasteiger partial charge in [-0.25, -0.2) is 0 Å². The normalized spacial score (nSPS) is 15.0.